The first-order chi connectivity index (χ1) is 9.70. The van der Waals surface area contributed by atoms with Crippen LogP contribution in [0.1, 0.15) is 25.5 Å². The standard InChI is InChI=1S/C10H11ClN4O4S2/c1-5(2)6-3-8(13-12-6)14-21(18,19)9-4-7(15(16)17)10(11)20-9/h3-5H,1-2H3,(H2,12,13,14). The molecule has 21 heavy (non-hydrogen) atoms. The summed E-state index contributed by atoms with van der Waals surface area (Å²) in [6.07, 6.45) is 0. The third-order valence-corrected chi connectivity index (χ3v) is 5.73. The summed E-state index contributed by atoms with van der Waals surface area (Å²) in [5.74, 6) is 0.277. The number of hydrogen-bond donors (Lipinski definition) is 2. The number of hydrogen-bond acceptors (Lipinski definition) is 6. The van der Waals surface area contributed by atoms with Crippen LogP contribution in [0, 0.1) is 10.1 Å². The molecule has 0 atom stereocenters. The zero-order chi connectivity index (χ0) is 15.8. The molecule has 0 aliphatic heterocycles. The molecule has 0 unspecified atom stereocenters. The highest BCUT2D eigenvalue weighted by molar-refractivity contribution is 7.94. The second kappa shape index (κ2) is 5.62. The maximum Gasteiger partial charge on any atom is 0.300 e. The van der Waals surface area contributed by atoms with Crippen molar-refractivity contribution in [1.82, 2.24) is 10.2 Å². The summed E-state index contributed by atoms with van der Waals surface area (Å²) in [6, 6.07) is 2.48. The number of thiophene rings is 1. The smallest absolute Gasteiger partial charge is 0.280 e. The Labute approximate surface area is 129 Å². The number of anilines is 1. The van der Waals surface area contributed by atoms with Crippen LogP contribution in [0.2, 0.25) is 4.34 Å². The Morgan fingerprint density at radius 2 is 2.14 bits per heavy atom. The van der Waals surface area contributed by atoms with Gasteiger partial charge in [-0.15, -0.1) is 11.3 Å². The van der Waals surface area contributed by atoms with Crippen molar-refractivity contribution < 1.29 is 13.3 Å². The highest BCUT2D eigenvalue weighted by Gasteiger charge is 2.26. The van der Waals surface area contributed by atoms with E-state index in [1.54, 1.807) is 6.07 Å². The van der Waals surface area contributed by atoms with Gasteiger partial charge in [0.25, 0.3) is 15.7 Å². The normalized spacial score (nSPS) is 11.8. The summed E-state index contributed by atoms with van der Waals surface area (Å²) in [7, 11) is -3.96. The van der Waals surface area contributed by atoms with Crippen LogP contribution in [0.15, 0.2) is 16.3 Å². The minimum absolute atomic E-state index is 0.117. The van der Waals surface area contributed by atoms with Crippen LogP contribution >= 0.6 is 22.9 Å². The largest absolute Gasteiger partial charge is 0.300 e. The van der Waals surface area contributed by atoms with Gasteiger partial charge in [-0.3, -0.25) is 19.9 Å². The maximum absolute atomic E-state index is 12.1. The van der Waals surface area contributed by atoms with Crippen LogP contribution in [0.4, 0.5) is 11.5 Å². The Morgan fingerprint density at radius 3 is 2.62 bits per heavy atom. The van der Waals surface area contributed by atoms with Crippen LogP contribution in [-0.4, -0.2) is 23.5 Å². The zero-order valence-electron chi connectivity index (χ0n) is 11.0. The first-order valence-electron chi connectivity index (χ1n) is 5.72. The summed E-state index contributed by atoms with van der Waals surface area (Å²) in [5.41, 5.74) is 0.329. The van der Waals surface area contributed by atoms with Crippen molar-refractivity contribution in [2.24, 2.45) is 0 Å². The highest BCUT2D eigenvalue weighted by Crippen LogP contribution is 2.36. The summed E-state index contributed by atoms with van der Waals surface area (Å²) in [5, 5.41) is 17.2. The molecule has 114 valence electrons. The van der Waals surface area contributed by atoms with E-state index >= 15 is 0 Å². The zero-order valence-corrected chi connectivity index (χ0v) is 13.3. The molecular weight excluding hydrogens is 340 g/mol. The number of aromatic amines is 1. The summed E-state index contributed by atoms with van der Waals surface area (Å²) < 4.78 is 26.1. The minimum Gasteiger partial charge on any atom is -0.280 e. The lowest BCUT2D eigenvalue weighted by molar-refractivity contribution is -0.384. The lowest BCUT2D eigenvalue weighted by Gasteiger charge is -2.01. The van der Waals surface area contributed by atoms with Gasteiger partial charge in [0, 0.05) is 17.8 Å². The molecule has 0 radical (unpaired) electrons. The molecule has 2 N–H and O–H groups in total. The van der Waals surface area contributed by atoms with E-state index in [0.29, 0.717) is 11.3 Å². The summed E-state index contributed by atoms with van der Waals surface area (Å²) in [6.45, 7) is 3.85. The molecule has 11 heteroatoms. The maximum atomic E-state index is 12.1. The molecule has 0 aromatic carbocycles. The van der Waals surface area contributed by atoms with Crippen molar-refractivity contribution in [3.8, 4) is 0 Å². The molecule has 2 heterocycles. The average molecular weight is 351 g/mol. The van der Waals surface area contributed by atoms with Gasteiger partial charge < -0.3 is 0 Å². The monoisotopic (exact) mass is 350 g/mol. The van der Waals surface area contributed by atoms with Crippen molar-refractivity contribution >= 4 is 44.5 Å². The fourth-order valence-electron chi connectivity index (χ4n) is 1.47. The van der Waals surface area contributed by atoms with Gasteiger partial charge in [-0.2, -0.15) is 5.10 Å². The summed E-state index contributed by atoms with van der Waals surface area (Å²) >= 11 is 6.27. The van der Waals surface area contributed by atoms with Crippen molar-refractivity contribution in [3.05, 3.63) is 32.3 Å². The van der Waals surface area contributed by atoms with E-state index in [0.717, 1.165) is 11.8 Å². The molecule has 0 spiro atoms. The third-order valence-electron chi connectivity index (χ3n) is 2.57. The molecule has 0 aliphatic rings. The number of nitrogens with zero attached hydrogens (tertiary/aromatic N) is 2. The van der Waals surface area contributed by atoms with E-state index in [1.165, 1.54) is 0 Å². The van der Waals surface area contributed by atoms with E-state index < -0.39 is 20.6 Å². The topological polar surface area (TPSA) is 118 Å². The average Bonchev–Trinajstić information content (AvgIpc) is 2.95. The van der Waals surface area contributed by atoms with Crippen LogP contribution in [0.3, 0.4) is 0 Å². The lowest BCUT2D eigenvalue weighted by atomic mass is 10.1. The van der Waals surface area contributed by atoms with Gasteiger partial charge in [-0.05, 0) is 5.92 Å². The predicted octanol–water partition coefficient (Wildman–Crippen LogP) is 2.96. The van der Waals surface area contributed by atoms with Crippen LogP contribution in [0.25, 0.3) is 0 Å². The number of aromatic nitrogens is 2. The van der Waals surface area contributed by atoms with Crippen molar-refractivity contribution in [3.63, 3.8) is 0 Å². The fourth-order valence-corrected chi connectivity index (χ4v) is 4.12. The van der Waals surface area contributed by atoms with Crippen molar-refractivity contribution in [2.45, 2.75) is 24.0 Å². The second-order valence-corrected chi connectivity index (χ2v) is 8.01. The molecule has 0 aliphatic carbocycles. The van der Waals surface area contributed by atoms with Gasteiger partial charge in [0.2, 0.25) is 0 Å². The van der Waals surface area contributed by atoms with Gasteiger partial charge in [0.15, 0.2) is 10.2 Å². The Morgan fingerprint density at radius 1 is 1.48 bits per heavy atom. The minimum atomic E-state index is -3.96. The van der Waals surface area contributed by atoms with Gasteiger partial charge in [0.05, 0.1) is 4.92 Å². The van der Waals surface area contributed by atoms with Gasteiger partial charge in [0.1, 0.15) is 4.21 Å². The second-order valence-electron chi connectivity index (χ2n) is 4.45. The molecule has 0 saturated heterocycles. The molecule has 2 rings (SSSR count). The predicted molar refractivity (Wildman–Crippen MR) is 79.5 cm³/mol. The molecule has 2 aromatic heterocycles. The SMILES string of the molecule is CC(C)c1cc(NS(=O)(=O)c2cc([N+](=O)[O-])c(Cl)s2)n[nH]1. The Kier molecular flexibility index (Phi) is 4.21. The van der Waals surface area contributed by atoms with E-state index in [9.17, 15) is 18.5 Å². The van der Waals surface area contributed by atoms with Gasteiger partial charge in [-0.1, -0.05) is 25.4 Å². The number of sulfonamides is 1. The van der Waals surface area contributed by atoms with Crippen molar-refractivity contribution in [2.75, 3.05) is 4.72 Å². The van der Waals surface area contributed by atoms with Crippen LogP contribution in [-0.2, 0) is 10.0 Å². The molecule has 0 saturated carbocycles. The van der Waals surface area contributed by atoms with Crippen molar-refractivity contribution in [1.29, 1.82) is 0 Å². The van der Waals surface area contributed by atoms with E-state index in [1.807, 2.05) is 13.8 Å². The molecular formula is C10H11ClN4O4S2. The third kappa shape index (κ3) is 3.34. The molecule has 2 aromatic rings. The van der Waals surface area contributed by atoms with Gasteiger partial charge in [-0.25, -0.2) is 8.42 Å². The number of nitrogens with one attached hydrogen (secondary N) is 2. The number of halogens is 1. The highest BCUT2D eigenvalue weighted by atomic mass is 35.5. The molecule has 0 fully saturated rings. The Balaban J connectivity index is 2.29. The first-order valence-corrected chi connectivity index (χ1v) is 8.40. The lowest BCUT2D eigenvalue weighted by Crippen LogP contribution is -2.11. The van der Waals surface area contributed by atoms with E-state index in [4.69, 9.17) is 11.6 Å². The quantitative estimate of drug-likeness (QED) is 0.634. The Bertz CT molecular complexity index is 781. The first kappa shape index (κ1) is 15.7. The summed E-state index contributed by atoms with van der Waals surface area (Å²) in [4.78, 5) is 9.96. The number of H-pyrrole nitrogens is 1. The molecule has 8 nitrogen and oxygen atoms in total. The van der Waals surface area contributed by atoms with Crippen LogP contribution < -0.4 is 4.72 Å². The van der Waals surface area contributed by atoms with Gasteiger partial charge >= 0.3 is 0 Å². The molecule has 0 bridgehead atoms. The fraction of sp³-hybridized carbons (Fsp3) is 0.300. The number of rotatable bonds is 5. The van der Waals surface area contributed by atoms with E-state index in [-0.39, 0.29) is 20.3 Å². The molecule has 0 amide bonds. The van der Waals surface area contributed by atoms with E-state index in [2.05, 4.69) is 14.9 Å². The number of nitro groups is 1. The Hall–Kier alpha value is -1.65. The van der Waals surface area contributed by atoms with Crippen LogP contribution in [0.5, 0.6) is 0 Å².